The van der Waals surface area contributed by atoms with Crippen molar-refractivity contribution in [3.8, 4) is 11.1 Å². The highest BCUT2D eigenvalue weighted by Gasteiger charge is 2.64. The molecule has 4 aromatic heterocycles. The molecule has 0 radical (unpaired) electrons. The molecule has 4 amide bonds. The molecule has 1 saturated heterocycles. The number of nitrogens with two attached hydrogens (primary N) is 1. The molecule has 40 heavy (non-hydrogen) atoms. The highest BCUT2D eigenvalue weighted by atomic mass is 79.9. The van der Waals surface area contributed by atoms with E-state index in [0.29, 0.717) is 28.2 Å². The van der Waals surface area contributed by atoms with E-state index in [-0.39, 0.29) is 29.0 Å². The fraction of sp³-hybridized carbons (Fsp3) is 0.296. The maximum Gasteiger partial charge on any atom is 0.325 e. The third kappa shape index (κ3) is 4.45. The van der Waals surface area contributed by atoms with Gasteiger partial charge in [0.1, 0.15) is 22.3 Å². The summed E-state index contributed by atoms with van der Waals surface area (Å²) in [5.41, 5.74) is 8.24. The van der Waals surface area contributed by atoms with E-state index < -0.39 is 18.0 Å². The average molecular weight is 604 g/mol. The molecule has 204 valence electrons. The van der Waals surface area contributed by atoms with Crippen molar-refractivity contribution in [3.63, 3.8) is 0 Å². The first-order chi connectivity index (χ1) is 19.0. The van der Waals surface area contributed by atoms with Crippen LogP contribution in [0.1, 0.15) is 41.6 Å². The molecule has 1 aliphatic heterocycles. The van der Waals surface area contributed by atoms with Crippen molar-refractivity contribution in [2.75, 3.05) is 10.6 Å². The van der Waals surface area contributed by atoms with Crippen molar-refractivity contribution >= 4 is 51.1 Å². The smallest absolute Gasteiger partial charge is 0.325 e. The Labute approximate surface area is 237 Å². The van der Waals surface area contributed by atoms with Crippen molar-refractivity contribution in [1.29, 1.82) is 0 Å². The highest BCUT2D eigenvalue weighted by Crippen LogP contribution is 2.59. The van der Waals surface area contributed by atoms with Gasteiger partial charge in [-0.25, -0.2) is 24.7 Å². The number of amides is 4. The molecule has 13 heteroatoms. The number of carbonyl (C=O) groups excluding carboxylic acids is 3. The van der Waals surface area contributed by atoms with Crippen LogP contribution in [0.2, 0.25) is 0 Å². The van der Waals surface area contributed by atoms with Gasteiger partial charge in [-0.15, -0.1) is 0 Å². The molecule has 12 nitrogen and oxygen atoms in total. The van der Waals surface area contributed by atoms with Crippen molar-refractivity contribution < 1.29 is 14.4 Å². The first-order valence-corrected chi connectivity index (χ1v) is 13.5. The lowest BCUT2D eigenvalue weighted by atomic mass is 10.0. The van der Waals surface area contributed by atoms with Crippen molar-refractivity contribution in [2.24, 2.45) is 11.1 Å². The molecule has 2 aliphatic rings. The van der Waals surface area contributed by atoms with E-state index in [1.807, 2.05) is 13.0 Å². The SMILES string of the molecule is Cc1ncc(-c2ccn3c(NC(=O)N4[C@H](C(=O)Nc5nc(Br)ccc5C)C[C@@]5(C)C[C@@H]45)nc(C(N)=O)c3c2)cn1. The molecule has 6 rings (SSSR count). The number of aryl methyl sites for hydroxylation is 2. The minimum Gasteiger partial charge on any atom is -0.364 e. The number of hydrogen-bond acceptors (Lipinski definition) is 7. The van der Waals surface area contributed by atoms with E-state index >= 15 is 0 Å². The second kappa shape index (κ2) is 9.37. The molecule has 3 atom stereocenters. The van der Waals surface area contributed by atoms with E-state index in [4.69, 9.17) is 5.73 Å². The normalized spacial score (nSPS) is 21.2. The molecule has 4 aromatic rings. The number of pyridine rings is 2. The maximum absolute atomic E-state index is 13.7. The van der Waals surface area contributed by atoms with Gasteiger partial charge < -0.3 is 16.0 Å². The Hall–Kier alpha value is -4.39. The summed E-state index contributed by atoms with van der Waals surface area (Å²) < 4.78 is 2.18. The summed E-state index contributed by atoms with van der Waals surface area (Å²) in [7, 11) is 0. The van der Waals surface area contributed by atoms with Gasteiger partial charge in [-0.05, 0) is 77.4 Å². The van der Waals surface area contributed by atoms with Crippen LogP contribution in [0.25, 0.3) is 16.6 Å². The Balaban J connectivity index is 1.29. The topological polar surface area (TPSA) is 160 Å². The maximum atomic E-state index is 13.7. The number of anilines is 2. The number of primary amides is 1. The Morgan fingerprint density at radius 2 is 1.80 bits per heavy atom. The fourth-order valence-corrected chi connectivity index (χ4v) is 5.67. The van der Waals surface area contributed by atoms with E-state index in [0.717, 1.165) is 23.1 Å². The third-order valence-electron chi connectivity index (χ3n) is 7.69. The number of hydrogen-bond donors (Lipinski definition) is 3. The summed E-state index contributed by atoms with van der Waals surface area (Å²) in [4.78, 5) is 58.0. The Bertz CT molecular complexity index is 1700. The van der Waals surface area contributed by atoms with Gasteiger partial charge >= 0.3 is 6.03 Å². The number of likely N-dealkylation sites (tertiary alicyclic amines) is 1. The predicted octanol–water partition coefficient (Wildman–Crippen LogP) is 3.69. The summed E-state index contributed by atoms with van der Waals surface area (Å²) >= 11 is 3.33. The number of carbonyl (C=O) groups is 3. The molecular formula is C27H26BrN9O3. The number of halogens is 1. The van der Waals surface area contributed by atoms with Gasteiger partial charge in [-0.1, -0.05) is 13.0 Å². The summed E-state index contributed by atoms with van der Waals surface area (Å²) in [5.74, 6) is 0.151. The number of urea groups is 1. The first-order valence-electron chi connectivity index (χ1n) is 12.7. The van der Waals surface area contributed by atoms with Crippen LogP contribution in [0, 0.1) is 19.3 Å². The van der Waals surface area contributed by atoms with Crippen LogP contribution < -0.4 is 16.4 Å². The van der Waals surface area contributed by atoms with Gasteiger partial charge in [0.05, 0.1) is 5.52 Å². The van der Waals surface area contributed by atoms with Crippen molar-refractivity contribution in [3.05, 3.63) is 64.5 Å². The summed E-state index contributed by atoms with van der Waals surface area (Å²) in [6.45, 7) is 5.71. The monoisotopic (exact) mass is 603 g/mol. The van der Waals surface area contributed by atoms with Gasteiger partial charge in [0.15, 0.2) is 5.69 Å². The molecular weight excluding hydrogens is 578 g/mol. The zero-order valence-corrected chi connectivity index (χ0v) is 23.6. The summed E-state index contributed by atoms with van der Waals surface area (Å²) in [6.07, 6.45) is 6.40. The van der Waals surface area contributed by atoms with Crippen LogP contribution in [0.15, 0.2) is 47.5 Å². The number of fused-ring (bicyclic) bond motifs is 2. The number of rotatable bonds is 5. The quantitative estimate of drug-likeness (QED) is 0.293. The molecule has 5 heterocycles. The lowest BCUT2D eigenvalue weighted by Crippen LogP contribution is -2.47. The van der Waals surface area contributed by atoms with Crippen molar-refractivity contribution in [2.45, 2.75) is 45.7 Å². The van der Waals surface area contributed by atoms with Crippen LogP contribution in [0.4, 0.5) is 16.6 Å². The van der Waals surface area contributed by atoms with Gasteiger partial charge in [0, 0.05) is 30.2 Å². The van der Waals surface area contributed by atoms with E-state index in [9.17, 15) is 14.4 Å². The molecule has 2 fully saturated rings. The molecule has 0 bridgehead atoms. The second-order valence-electron chi connectivity index (χ2n) is 10.6. The van der Waals surface area contributed by atoms with E-state index in [1.165, 1.54) is 0 Å². The Morgan fingerprint density at radius 1 is 1.05 bits per heavy atom. The van der Waals surface area contributed by atoms with Gasteiger partial charge in [-0.3, -0.25) is 19.3 Å². The lowest BCUT2D eigenvalue weighted by molar-refractivity contribution is -0.120. The average Bonchev–Trinajstić information content (AvgIpc) is 3.28. The molecule has 1 aliphatic carbocycles. The zero-order valence-electron chi connectivity index (χ0n) is 22.0. The summed E-state index contributed by atoms with van der Waals surface area (Å²) in [5, 5.41) is 5.70. The standard InChI is InChI=1S/C27H26BrN9O3/c1-13-4-5-20(28)32-23(13)34-24(39)18-9-27(3)10-19(27)37(18)26(40)35-25-33-21(22(29)38)17-8-15(6-7-36(17)25)16-11-30-14(2)31-12-16/h4-8,11-12,18-19H,9-10H2,1-3H3,(H2,29,38)(H,32,34,39)(H,33,35,40)/t18-,19+,27-/m0/s1. The van der Waals surface area contributed by atoms with Crippen molar-refractivity contribution in [1.82, 2.24) is 29.2 Å². The molecule has 0 unspecified atom stereocenters. The van der Waals surface area contributed by atoms with Gasteiger partial charge in [0.2, 0.25) is 11.9 Å². The number of nitrogens with zero attached hydrogens (tertiary/aromatic N) is 6. The Morgan fingerprint density at radius 3 is 2.52 bits per heavy atom. The Kier molecular flexibility index (Phi) is 6.06. The molecule has 0 aromatic carbocycles. The van der Waals surface area contributed by atoms with Crippen LogP contribution >= 0.6 is 15.9 Å². The number of imidazole rings is 1. The largest absolute Gasteiger partial charge is 0.364 e. The van der Waals surface area contributed by atoms with Gasteiger partial charge in [0.25, 0.3) is 5.91 Å². The minimum atomic E-state index is -0.736. The lowest BCUT2D eigenvalue weighted by Gasteiger charge is -2.26. The highest BCUT2D eigenvalue weighted by molar-refractivity contribution is 9.10. The van der Waals surface area contributed by atoms with Crippen LogP contribution in [0.5, 0.6) is 0 Å². The number of nitrogens with one attached hydrogen (secondary N) is 2. The van der Waals surface area contributed by atoms with E-state index in [1.54, 1.807) is 53.0 Å². The molecule has 0 spiro atoms. The van der Waals surface area contributed by atoms with Crippen LogP contribution in [0.3, 0.4) is 0 Å². The number of aromatic nitrogens is 5. The van der Waals surface area contributed by atoms with Gasteiger partial charge in [-0.2, -0.15) is 0 Å². The zero-order chi connectivity index (χ0) is 28.3. The number of piperidine rings is 1. The fourth-order valence-electron chi connectivity index (χ4n) is 5.36. The first kappa shape index (κ1) is 25.9. The summed E-state index contributed by atoms with van der Waals surface area (Å²) in [6, 6.07) is 5.93. The second-order valence-corrected chi connectivity index (χ2v) is 11.4. The van der Waals surface area contributed by atoms with Crippen LogP contribution in [-0.4, -0.2) is 59.2 Å². The molecule has 1 saturated carbocycles. The van der Waals surface area contributed by atoms with Crippen LogP contribution in [-0.2, 0) is 4.79 Å². The minimum absolute atomic E-state index is 0.00774. The van der Waals surface area contributed by atoms with E-state index in [2.05, 4.69) is 53.4 Å². The molecule has 4 N–H and O–H groups in total. The third-order valence-corrected chi connectivity index (χ3v) is 8.13. The predicted molar refractivity (Wildman–Crippen MR) is 151 cm³/mol.